The molecule has 0 fully saturated rings. The molecule has 0 N–H and O–H groups in total. The van der Waals surface area contributed by atoms with Gasteiger partial charge in [-0.05, 0) is 12.5 Å². The second kappa shape index (κ2) is 7.48. The zero-order valence-corrected chi connectivity index (χ0v) is 10.7. The highest BCUT2D eigenvalue weighted by molar-refractivity contribution is 5.79. The second-order valence-corrected chi connectivity index (χ2v) is 4.00. The summed E-state index contributed by atoms with van der Waals surface area (Å²) >= 11 is 0. The van der Waals surface area contributed by atoms with Crippen LogP contribution in [0.3, 0.4) is 0 Å². The largest absolute Gasteiger partial charge is 0.466 e. The van der Waals surface area contributed by atoms with Gasteiger partial charge in [-0.15, -0.1) is 0 Å². The van der Waals surface area contributed by atoms with Gasteiger partial charge in [0.05, 0.1) is 18.9 Å². The predicted molar refractivity (Wildman–Crippen MR) is 66.7 cm³/mol. The van der Waals surface area contributed by atoms with E-state index in [0.29, 0.717) is 6.61 Å². The highest BCUT2D eigenvalue weighted by Crippen LogP contribution is 2.08. The lowest BCUT2D eigenvalue weighted by atomic mass is 10.1. The van der Waals surface area contributed by atoms with E-state index in [-0.39, 0.29) is 25.0 Å². The van der Waals surface area contributed by atoms with Crippen LogP contribution in [0.4, 0.5) is 0 Å². The maximum Gasteiger partial charge on any atom is 0.309 e. The molecular weight excluding hydrogens is 232 g/mol. The molecule has 4 heteroatoms. The van der Waals surface area contributed by atoms with Gasteiger partial charge in [0.25, 0.3) is 0 Å². The minimum Gasteiger partial charge on any atom is -0.466 e. The Morgan fingerprint density at radius 3 is 2.44 bits per heavy atom. The minimum atomic E-state index is -0.465. The summed E-state index contributed by atoms with van der Waals surface area (Å²) < 4.78 is 9.90. The van der Waals surface area contributed by atoms with Gasteiger partial charge in [0, 0.05) is 0 Å². The van der Waals surface area contributed by atoms with Crippen molar-refractivity contribution in [2.24, 2.45) is 5.92 Å². The van der Waals surface area contributed by atoms with Gasteiger partial charge in [-0.1, -0.05) is 37.3 Å². The van der Waals surface area contributed by atoms with Crippen molar-refractivity contribution in [3.63, 3.8) is 0 Å². The molecule has 0 aliphatic carbocycles. The number of ether oxygens (including phenoxy) is 2. The fourth-order valence-corrected chi connectivity index (χ4v) is 1.41. The molecule has 1 unspecified atom stereocenters. The summed E-state index contributed by atoms with van der Waals surface area (Å²) in [5, 5.41) is 0. The Labute approximate surface area is 107 Å². The molecule has 98 valence electrons. The van der Waals surface area contributed by atoms with Crippen molar-refractivity contribution in [3.8, 4) is 0 Å². The van der Waals surface area contributed by atoms with Crippen molar-refractivity contribution in [1.29, 1.82) is 0 Å². The van der Waals surface area contributed by atoms with Gasteiger partial charge in [-0.25, -0.2) is 0 Å². The van der Waals surface area contributed by atoms with Gasteiger partial charge in [-0.3, -0.25) is 9.59 Å². The SMILES string of the molecule is CCOC(=O)C(C)CC(=O)OCc1ccccc1. The Morgan fingerprint density at radius 1 is 1.17 bits per heavy atom. The van der Waals surface area contributed by atoms with E-state index < -0.39 is 5.92 Å². The molecule has 0 radical (unpaired) electrons. The molecule has 0 aliphatic heterocycles. The fourth-order valence-electron chi connectivity index (χ4n) is 1.41. The highest BCUT2D eigenvalue weighted by Gasteiger charge is 2.18. The molecule has 1 rings (SSSR count). The van der Waals surface area contributed by atoms with Gasteiger partial charge in [-0.2, -0.15) is 0 Å². The van der Waals surface area contributed by atoms with E-state index in [1.54, 1.807) is 13.8 Å². The number of hydrogen-bond donors (Lipinski definition) is 0. The van der Waals surface area contributed by atoms with E-state index in [2.05, 4.69) is 0 Å². The Morgan fingerprint density at radius 2 is 1.83 bits per heavy atom. The van der Waals surface area contributed by atoms with E-state index in [0.717, 1.165) is 5.56 Å². The summed E-state index contributed by atoms with van der Waals surface area (Å²) in [5.41, 5.74) is 0.926. The van der Waals surface area contributed by atoms with Gasteiger partial charge in [0.1, 0.15) is 6.61 Å². The number of hydrogen-bond acceptors (Lipinski definition) is 4. The standard InChI is InChI=1S/C14H18O4/c1-3-17-14(16)11(2)9-13(15)18-10-12-7-5-4-6-8-12/h4-8,11H,3,9-10H2,1-2H3. The van der Waals surface area contributed by atoms with Crippen LogP contribution in [0.15, 0.2) is 30.3 Å². The molecule has 0 aromatic heterocycles. The van der Waals surface area contributed by atoms with E-state index >= 15 is 0 Å². The van der Waals surface area contributed by atoms with Gasteiger partial charge >= 0.3 is 11.9 Å². The summed E-state index contributed by atoms with van der Waals surface area (Å²) in [7, 11) is 0. The first-order valence-electron chi connectivity index (χ1n) is 5.99. The van der Waals surface area contributed by atoms with E-state index in [1.165, 1.54) is 0 Å². The molecule has 0 spiro atoms. The number of benzene rings is 1. The molecule has 18 heavy (non-hydrogen) atoms. The Kier molecular flexibility index (Phi) is 5.91. The maximum atomic E-state index is 11.5. The number of carbonyl (C=O) groups excluding carboxylic acids is 2. The molecule has 0 bridgehead atoms. The van der Waals surface area contributed by atoms with Gasteiger partial charge < -0.3 is 9.47 Å². The van der Waals surface area contributed by atoms with Crippen LogP contribution in [0.1, 0.15) is 25.8 Å². The number of carbonyl (C=O) groups is 2. The van der Waals surface area contributed by atoms with E-state index in [1.807, 2.05) is 30.3 Å². The first-order valence-corrected chi connectivity index (χ1v) is 5.99. The molecule has 0 saturated carbocycles. The van der Waals surface area contributed by atoms with Crippen molar-refractivity contribution < 1.29 is 19.1 Å². The van der Waals surface area contributed by atoms with Crippen molar-refractivity contribution in [1.82, 2.24) is 0 Å². The molecular formula is C14H18O4. The van der Waals surface area contributed by atoms with Gasteiger partial charge in [0.2, 0.25) is 0 Å². The Hall–Kier alpha value is -1.84. The topological polar surface area (TPSA) is 52.6 Å². The highest BCUT2D eigenvalue weighted by atomic mass is 16.5. The molecule has 1 atom stereocenters. The smallest absolute Gasteiger partial charge is 0.309 e. The minimum absolute atomic E-state index is 0.0473. The predicted octanol–water partition coefficient (Wildman–Crippen LogP) is 2.32. The average molecular weight is 250 g/mol. The molecule has 0 aliphatic rings. The third kappa shape index (κ3) is 4.99. The zero-order chi connectivity index (χ0) is 13.4. The van der Waals surface area contributed by atoms with Crippen LogP contribution in [-0.2, 0) is 25.7 Å². The lowest BCUT2D eigenvalue weighted by molar-refractivity contribution is -0.154. The lowest BCUT2D eigenvalue weighted by Crippen LogP contribution is -2.19. The number of esters is 2. The molecule has 0 heterocycles. The summed E-state index contributed by atoms with van der Waals surface area (Å²) in [6.45, 7) is 3.94. The quantitative estimate of drug-likeness (QED) is 0.727. The average Bonchev–Trinajstić information content (AvgIpc) is 2.38. The molecule has 0 amide bonds. The third-order valence-electron chi connectivity index (χ3n) is 2.40. The second-order valence-electron chi connectivity index (χ2n) is 4.00. The zero-order valence-electron chi connectivity index (χ0n) is 10.7. The molecule has 4 nitrogen and oxygen atoms in total. The molecule has 0 saturated heterocycles. The lowest BCUT2D eigenvalue weighted by Gasteiger charge is -2.10. The van der Waals surface area contributed by atoms with Crippen LogP contribution in [-0.4, -0.2) is 18.5 Å². The summed E-state index contributed by atoms with van der Waals surface area (Å²) in [5.74, 6) is -1.22. The Bertz CT molecular complexity index is 386. The summed E-state index contributed by atoms with van der Waals surface area (Å²) in [4.78, 5) is 22.8. The van der Waals surface area contributed by atoms with Crippen LogP contribution in [0.2, 0.25) is 0 Å². The first-order chi connectivity index (χ1) is 8.63. The summed E-state index contributed by atoms with van der Waals surface area (Å²) in [6, 6.07) is 9.41. The van der Waals surface area contributed by atoms with Crippen molar-refractivity contribution in [2.45, 2.75) is 26.9 Å². The molecule has 1 aromatic carbocycles. The fraction of sp³-hybridized carbons (Fsp3) is 0.429. The number of rotatable bonds is 6. The van der Waals surface area contributed by atoms with Crippen LogP contribution in [0, 0.1) is 5.92 Å². The van der Waals surface area contributed by atoms with Crippen LogP contribution in [0.25, 0.3) is 0 Å². The monoisotopic (exact) mass is 250 g/mol. The van der Waals surface area contributed by atoms with Crippen LogP contribution >= 0.6 is 0 Å². The molecule has 1 aromatic rings. The van der Waals surface area contributed by atoms with E-state index in [9.17, 15) is 9.59 Å². The van der Waals surface area contributed by atoms with Crippen molar-refractivity contribution >= 4 is 11.9 Å². The van der Waals surface area contributed by atoms with Gasteiger partial charge in [0.15, 0.2) is 0 Å². The normalized spacial score (nSPS) is 11.7. The van der Waals surface area contributed by atoms with Crippen molar-refractivity contribution in [3.05, 3.63) is 35.9 Å². The van der Waals surface area contributed by atoms with Crippen LogP contribution < -0.4 is 0 Å². The third-order valence-corrected chi connectivity index (χ3v) is 2.40. The van der Waals surface area contributed by atoms with E-state index in [4.69, 9.17) is 9.47 Å². The maximum absolute atomic E-state index is 11.5. The van der Waals surface area contributed by atoms with Crippen LogP contribution in [0.5, 0.6) is 0 Å². The van der Waals surface area contributed by atoms with Crippen molar-refractivity contribution in [2.75, 3.05) is 6.61 Å². The Balaban J connectivity index is 2.31. The first kappa shape index (κ1) is 14.2. The summed E-state index contributed by atoms with van der Waals surface area (Å²) in [6.07, 6.45) is 0.0473.